The van der Waals surface area contributed by atoms with E-state index in [1.54, 1.807) is 12.1 Å². The lowest BCUT2D eigenvalue weighted by molar-refractivity contribution is 0.0685. The summed E-state index contributed by atoms with van der Waals surface area (Å²) >= 11 is 0. The van der Waals surface area contributed by atoms with Crippen molar-refractivity contribution < 1.29 is 22.8 Å². The van der Waals surface area contributed by atoms with Gasteiger partial charge in [0, 0.05) is 18.0 Å². The second-order valence-corrected chi connectivity index (χ2v) is 6.15. The third-order valence-corrected chi connectivity index (χ3v) is 3.66. The molecule has 0 aliphatic carbocycles. The fraction of sp³-hybridized carbons (Fsp3) is 0.167. The molecular formula is C12H12N2O5S. The van der Waals surface area contributed by atoms with E-state index in [0.29, 0.717) is 11.4 Å². The Morgan fingerprint density at radius 1 is 1.35 bits per heavy atom. The van der Waals surface area contributed by atoms with E-state index in [1.165, 1.54) is 18.2 Å². The van der Waals surface area contributed by atoms with Crippen LogP contribution in [0.4, 0.5) is 5.69 Å². The normalized spacial score (nSPS) is 11.2. The number of hydrogen-bond donors (Lipinski definition) is 2. The van der Waals surface area contributed by atoms with Gasteiger partial charge in [-0.2, -0.15) is 0 Å². The van der Waals surface area contributed by atoms with Gasteiger partial charge in [0.05, 0.1) is 11.4 Å². The van der Waals surface area contributed by atoms with E-state index < -0.39 is 15.8 Å². The molecule has 1 aromatic carbocycles. The average Bonchev–Trinajstić information content (AvgIpc) is 2.85. The van der Waals surface area contributed by atoms with Crippen LogP contribution in [0.15, 0.2) is 39.8 Å². The highest BCUT2D eigenvalue weighted by molar-refractivity contribution is 7.90. The Bertz CT molecular complexity index is 719. The SMILES string of the molecule is CS(=O)(=O)c1ccc(NCc2cc(C(=O)O)no2)cc1. The Labute approximate surface area is 115 Å². The van der Waals surface area contributed by atoms with E-state index in [4.69, 9.17) is 9.63 Å². The molecule has 1 heterocycles. The number of aromatic carboxylic acids is 1. The summed E-state index contributed by atoms with van der Waals surface area (Å²) < 4.78 is 27.4. The highest BCUT2D eigenvalue weighted by Crippen LogP contribution is 2.15. The molecule has 2 rings (SSSR count). The van der Waals surface area contributed by atoms with E-state index >= 15 is 0 Å². The molecule has 0 aliphatic heterocycles. The van der Waals surface area contributed by atoms with Crippen molar-refractivity contribution in [3.8, 4) is 0 Å². The van der Waals surface area contributed by atoms with Crippen molar-refractivity contribution in [2.24, 2.45) is 0 Å². The van der Waals surface area contributed by atoms with Gasteiger partial charge in [-0.25, -0.2) is 13.2 Å². The van der Waals surface area contributed by atoms with E-state index in [9.17, 15) is 13.2 Å². The fourth-order valence-electron chi connectivity index (χ4n) is 1.51. The van der Waals surface area contributed by atoms with Crippen LogP contribution in [-0.2, 0) is 16.4 Å². The number of aromatic nitrogens is 1. The van der Waals surface area contributed by atoms with Crippen molar-refractivity contribution in [3.63, 3.8) is 0 Å². The predicted octanol–water partition coefficient (Wildman–Crippen LogP) is 1.39. The Kier molecular flexibility index (Phi) is 3.75. The second kappa shape index (κ2) is 5.33. The molecule has 0 saturated heterocycles. The predicted molar refractivity (Wildman–Crippen MR) is 70.3 cm³/mol. The summed E-state index contributed by atoms with van der Waals surface area (Å²) in [5.74, 6) is -0.785. The first-order valence-electron chi connectivity index (χ1n) is 5.59. The molecule has 0 unspecified atom stereocenters. The van der Waals surface area contributed by atoms with Crippen molar-refractivity contribution in [2.45, 2.75) is 11.4 Å². The maximum Gasteiger partial charge on any atom is 0.358 e. The van der Waals surface area contributed by atoms with Crippen LogP contribution in [0.3, 0.4) is 0 Å². The van der Waals surface area contributed by atoms with Crippen molar-refractivity contribution in [1.29, 1.82) is 0 Å². The topological polar surface area (TPSA) is 110 Å². The smallest absolute Gasteiger partial charge is 0.358 e. The van der Waals surface area contributed by atoms with Crippen LogP contribution in [0.25, 0.3) is 0 Å². The lowest BCUT2D eigenvalue weighted by atomic mass is 10.3. The Balaban J connectivity index is 2.02. The summed E-state index contributed by atoms with van der Waals surface area (Å²) in [5, 5.41) is 15.0. The summed E-state index contributed by atoms with van der Waals surface area (Å²) in [6.07, 6.45) is 1.14. The van der Waals surface area contributed by atoms with E-state index in [1.807, 2.05) is 0 Å². The molecule has 1 aromatic heterocycles. The largest absolute Gasteiger partial charge is 0.476 e. The van der Waals surface area contributed by atoms with Gasteiger partial charge in [0.15, 0.2) is 21.3 Å². The number of anilines is 1. The van der Waals surface area contributed by atoms with Gasteiger partial charge in [-0.05, 0) is 24.3 Å². The van der Waals surface area contributed by atoms with Crippen LogP contribution in [0.1, 0.15) is 16.2 Å². The average molecular weight is 296 g/mol. The van der Waals surface area contributed by atoms with Crippen LogP contribution in [0, 0.1) is 0 Å². The van der Waals surface area contributed by atoms with Gasteiger partial charge in [-0.1, -0.05) is 5.16 Å². The molecule has 0 amide bonds. The van der Waals surface area contributed by atoms with Gasteiger partial charge in [0.25, 0.3) is 0 Å². The Hall–Kier alpha value is -2.35. The lowest BCUT2D eigenvalue weighted by Gasteiger charge is -2.04. The minimum atomic E-state index is -3.21. The maximum atomic E-state index is 11.3. The van der Waals surface area contributed by atoms with Crippen LogP contribution in [0.2, 0.25) is 0 Å². The van der Waals surface area contributed by atoms with E-state index in [2.05, 4.69) is 10.5 Å². The second-order valence-electron chi connectivity index (χ2n) is 4.13. The summed E-state index contributed by atoms with van der Waals surface area (Å²) in [6.45, 7) is 0.249. The zero-order valence-electron chi connectivity index (χ0n) is 10.5. The molecule has 7 nitrogen and oxygen atoms in total. The first kappa shape index (κ1) is 14.1. The molecule has 0 atom stereocenters. The summed E-state index contributed by atoms with van der Waals surface area (Å²) in [4.78, 5) is 10.9. The van der Waals surface area contributed by atoms with Crippen molar-refractivity contribution in [1.82, 2.24) is 5.16 Å². The number of carboxylic acid groups (broad SMARTS) is 1. The minimum absolute atomic E-state index is 0.158. The van der Waals surface area contributed by atoms with E-state index in [-0.39, 0.29) is 17.1 Å². The highest BCUT2D eigenvalue weighted by Gasteiger charge is 2.10. The number of nitrogens with one attached hydrogen (secondary N) is 1. The summed E-state index contributed by atoms with van der Waals surface area (Å²) in [7, 11) is -3.21. The molecule has 0 saturated carbocycles. The zero-order valence-corrected chi connectivity index (χ0v) is 11.3. The molecule has 0 bridgehead atoms. The standard InChI is InChI=1S/C12H12N2O5S/c1-20(17,18)10-4-2-8(3-5-10)13-7-9-6-11(12(15)16)14-19-9/h2-6,13H,7H2,1H3,(H,15,16). The monoisotopic (exact) mass is 296 g/mol. The first-order chi connectivity index (χ1) is 9.36. The van der Waals surface area contributed by atoms with Crippen molar-refractivity contribution in [3.05, 3.63) is 41.8 Å². The quantitative estimate of drug-likeness (QED) is 0.857. The van der Waals surface area contributed by atoms with Crippen LogP contribution in [-0.4, -0.2) is 30.9 Å². The molecule has 0 spiro atoms. The molecule has 0 aliphatic rings. The van der Waals surface area contributed by atoms with Crippen LogP contribution in [0.5, 0.6) is 0 Å². The maximum absolute atomic E-state index is 11.3. The van der Waals surface area contributed by atoms with Gasteiger partial charge in [0.1, 0.15) is 0 Å². The van der Waals surface area contributed by atoms with Gasteiger partial charge >= 0.3 is 5.97 Å². The third-order valence-electron chi connectivity index (χ3n) is 2.53. The molecule has 0 fully saturated rings. The van der Waals surface area contributed by atoms with Gasteiger partial charge in [0.2, 0.25) is 0 Å². The fourth-order valence-corrected chi connectivity index (χ4v) is 2.14. The Morgan fingerprint density at radius 2 is 2.00 bits per heavy atom. The molecule has 0 radical (unpaired) electrons. The summed E-state index contributed by atoms with van der Waals surface area (Å²) in [6, 6.07) is 7.53. The zero-order chi connectivity index (χ0) is 14.8. The van der Waals surface area contributed by atoms with Crippen LogP contribution >= 0.6 is 0 Å². The van der Waals surface area contributed by atoms with Gasteiger partial charge in [-0.3, -0.25) is 0 Å². The Morgan fingerprint density at radius 3 is 2.50 bits per heavy atom. The lowest BCUT2D eigenvalue weighted by Crippen LogP contribution is -2.00. The first-order valence-corrected chi connectivity index (χ1v) is 7.48. The molecular weight excluding hydrogens is 284 g/mol. The number of carboxylic acids is 1. The molecule has 2 N–H and O–H groups in total. The number of hydrogen-bond acceptors (Lipinski definition) is 6. The van der Waals surface area contributed by atoms with Gasteiger partial charge in [-0.15, -0.1) is 0 Å². The number of nitrogens with zero attached hydrogens (tertiary/aromatic N) is 1. The number of rotatable bonds is 5. The highest BCUT2D eigenvalue weighted by atomic mass is 32.2. The molecule has 106 valence electrons. The van der Waals surface area contributed by atoms with Crippen LogP contribution < -0.4 is 5.32 Å². The van der Waals surface area contributed by atoms with E-state index in [0.717, 1.165) is 6.26 Å². The number of benzene rings is 1. The van der Waals surface area contributed by atoms with Gasteiger partial charge < -0.3 is 14.9 Å². The third kappa shape index (κ3) is 3.35. The number of carbonyl (C=O) groups is 1. The molecule has 2 aromatic rings. The number of sulfone groups is 1. The minimum Gasteiger partial charge on any atom is -0.476 e. The van der Waals surface area contributed by atoms with Crippen molar-refractivity contribution >= 4 is 21.5 Å². The summed E-state index contributed by atoms with van der Waals surface area (Å²) in [5.41, 5.74) is 0.528. The molecule has 20 heavy (non-hydrogen) atoms. The molecule has 8 heteroatoms. The van der Waals surface area contributed by atoms with Crippen molar-refractivity contribution in [2.75, 3.05) is 11.6 Å².